The van der Waals surface area contributed by atoms with Crippen LogP contribution >= 0.6 is 11.6 Å². The fourth-order valence-corrected chi connectivity index (χ4v) is 6.99. The molecule has 1 aromatic carbocycles. The SMILES string of the molecule is CC(C)(C)CCc1ccc([C@]23CCCCC2=CN(C24CC(C(=O)O)(C2)C4)C(=O)C3)cc1Cl. The third-order valence-corrected chi connectivity index (χ3v) is 8.99. The molecule has 6 rings (SSSR count). The summed E-state index contributed by atoms with van der Waals surface area (Å²) < 4.78 is 0. The highest BCUT2D eigenvalue weighted by molar-refractivity contribution is 6.31. The van der Waals surface area contributed by atoms with Crippen LogP contribution in [0.3, 0.4) is 0 Å². The average Bonchev–Trinajstić information content (AvgIpc) is 2.64. The lowest BCUT2D eigenvalue weighted by Crippen LogP contribution is -2.77. The second-order valence-electron chi connectivity index (χ2n) is 12.1. The molecular formula is C27H34ClNO3. The van der Waals surface area contributed by atoms with Crippen molar-refractivity contribution in [1.82, 2.24) is 4.90 Å². The van der Waals surface area contributed by atoms with Crippen molar-refractivity contribution in [1.29, 1.82) is 0 Å². The van der Waals surface area contributed by atoms with Crippen LogP contribution in [0.15, 0.2) is 30.0 Å². The van der Waals surface area contributed by atoms with Gasteiger partial charge in [0.15, 0.2) is 0 Å². The van der Waals surface area contributed by atoms with Crippen LogP contribution < -0.4 is 0 Å². The van der Waals surface area contributed by atoms with Gasteiger partial charge in [0.05, 0.1) is 11.0 Å². The standard InChI is InChI=1S/C27H34ClNO3/c1-24(2,3)11-9-18-7-8-19(12-21(18)28)27-10-5-4-6-20(27)14-29(22(30)13-27)26-15-25(16-26,17-26)23(31)32/h7-8,12,14H,4-6,9-11,13,15-17H2,1-3H3,(H,31,32)/t25?,26?,27-/m1/s1. The summed E-state index contributed by atoms with van der Waals surface area (Å²) in [5.41, 5.74) is 2.86. The zero-order valence-corrected chi connectivity index (χ0v) is 20.2. The number of halogens is 1. The Morgan fingerprint density at radius 3 is 2.53 bits per heavy atom. The summed E-state index contributed by atoms with van der Waals surface area (Å²) in [7, 11) is 0. The van der Waals surface area contributed by atoms with Gasteiger partial charge in [0, 0.05) is 23.1 Å². The van der Waals surface area contributed by atoms with Crippen molar-refractivity contribution in [3.05, 3.63) is 46.1 Å². The maximum atomic E-state index is 13.4. The van der Waals surface area contributed by atoms with Crippen LogP contribution in [0.5, 0.6) is 0 Å². The predicted molar refractivity (Wildman–Crippen MR) is 126 cm³/mol. The van der Waals surface area contributed by atoms with Crippen molar-refractivity contribution in [3.8, 4) is 0 Å². The minimum atomic E-state index is -0.704. The Balaban J connectivity index is 1.43. The molecule has 1 aromatic rings. The molecule has 1 N–H and O–H groups in total. The fourth-order valence-electron chi connectivity index (χ4n) is 6.71. The van der Waals surface area contributed by atoms with E-state index in [0.29, 0.717) is 25.7 Å². The zero-order chi connectivity index (χ0) is 22.9. The smallest absolute Gasteiger partial charge is 0.309 e. The van der Waals surface area contributed by atoms with Gasteiger partial charge in [-0.05, 0) is 79.5 Å². The van der Waals surface area contributed by atoms with Crippen LogP contribution in [-0.4, -0.2) is 27.4 Å². The van der Waals surface area contributed by atoms with Crippen molar-refractivity contribution >= 4 is 23.5 Å². The summed E-state index contributed by atoms with van der Waals surface area (Å²) in [6.45, 7) is 6.74. The van der Waals surface area contributed by atoms with E-state index < -0.39 is 11.4 Å². The summed E-state index contributed by atoms with van der Waals surface area (Å²) in [5, 5.41) is 10.3. The van der Waals surface area contributed by atoms with Crippen molar-refractivity contribution in [3.63, 3.8) is 0 Å². The number of carbonyl (C=O) groups excluding carboxylic acids is 1. The van der Waals surface area contributed by atoms with Crippen LogP contribution in [-0.2, 0) is 21.4 Å². The second kappa shape index (κ2) is 7.09. The minimum absolute atomic E-state index is 0.141. The fraction of sp³-hybridized carbons (Fsp3) is 0.630. The first-order valence-electron chi connectivity index (χ1n) is 12.0. The number of hydrogen-bond donors (Lipinski definition) is 1. The van der Waals surface area contributed by atoms with Gasteiger partial charge in [-0.15, -0.1) is 0 Å². The number of carboxylic acids is 1. The van der Waals surface area contributed by atoms with Crippen LogP contribution in [0.1, 0.15) is 89.7 Å². The molecule has 0 radical (unpaired) electrons. The average molecular weight is 456 g/mol. The van der Waals surface area contributed by atoms with Gasteiger partial charge in [0.2, 0.25) is 5.91 Å². The molecule has 0 aromatic heterocycles. The quantitative estimate of drug-likeness (QED) is 0.570. The summed E-state index contributed by atoms with van der Waals surface area (Å²) in [6.07, 6.45) is 10.6. The molecule has 4 fully saturated rings. The number of benzene rings is 1. The molecule has 4 saturated carbocycles. The number of aryl methyl sites for hydroxylation is 1. The van der Waals surface area contributed by atoms with E-state index in [-0.39, 0.29) is 22.3 Å². The van der Waals surface area contributed by atoms with Crippen LogP contribution in [0.25, 0.3) is 0 Å². The van der Waals surface area contributed by atoms with E-state index in [0.717, 1.165) is 43.5 Å². The lowest BCUT2D eigenvalue weighted by atomic mass is 9.38. The third-order valence-electron chi connectivity index (χ3n) is 8.64. The molecule has 172 valence electrons. The van der Waals surface area contributed by atoms with Crippen LogP contribution in [0, 0.1) is 10.8 Å². The highest BCUT2D eigenvalue weighted by atomic mass is 35.5. The highest BCUT2D eigenvalue weighted by Crippen LogP contribution is 2.71. The zero-order valence-electron chi connectivity index (χ0n) is 19.5. The summed E-state index contributed by atoms with van der Waals surface area (Å²) in [4.78, 5) is 26.9. The molecule has 0 unspecified atom stereocenters. The second-order valence-corrected chi connectivity index (χ2v) is 12.5. The topological polar surface area (TPSA) is 57.6 Å². The first kappa shape index (κ1) is 22.0. The molecule has 5 aliphatic rings. The van der Waals surface area contributed by atoms with E-state index in [1.807, 2.05) is 4.90 Å². The highest BCUT2D eigenvalue weighted by Gasteiger charge is 2.75. The Labute approximate surface area is 196 Å². The van der Waals surface area contributed by atoms with E-state index in [1.165, 1.54) is 16.7 Å². The van der Waals surface area contributed by atoms with E-state index in [2.05, 4.69) is 45.2 Å². The van der Waals surface area contributed by atoms with E-state index >= 15 is 0 Å². The number of carbonyl (C=O) groups is 2. The predicted octanol–water partition coefficient (Wildman–Crippen LogP) is 6.25. The summed E-state index contributed by atoms with van der Waals surface area (Å²) in [6, 6.07) is 6.48. The van der Waals surface area contributed by atoms with Gasteiger partial charge in [-0.25, -0.2) is 0 Å². The number of amides is 1. The van der Waals surface area contributed by atoms with Gasteiger partial charge >= 0.3 is 5.97 Å². The normalized spacial score (nSPS) is 33.7. The maximum Gasteiger partial charge on any atom is 0.309 e. The summed E-state index contributed by atoms with van der Waals surface area (Å²) in [5.74, 6) is -0.563. The molecule has 1 atom stereocenters. The maximum absolute atomic E-state index is 13.4. The van der Waals surface area contributed by atoms with E-state index in [1.54, 1.807) is 0 Å². The Hall–Kier alpha value is -1.81. The van der Waals surface area contributed by atoms with Crippen molar-refractivity contribution < 1.29 is 14.7 Å². The van der Waals surface area contributed by atoms with E-state index in [9.17, 15) is 14.7 Å². The molecule has 0 spiro atoms. The molecular weight excluding hydrogens is 422 g/mol. The third kappa shape index (κ3) is 3.24. The number of carboxylic acid groups (broad SMARTS) is 1. The molecule has 2 bridgehead atoms. The molecule has 0 saturated heterocycles. The monoisotopic (exact) mass is 455 g/mol. The number of allylic oxidation sites excluding steroid dienone is 1. The van der Waals surface area contributed by atoms with Gasteiger partial charge in [0.1, 0.15) is 0 Å². The summed E-state index contributed by atoms with van der Waals surface area (Å²) >= 11 is 6.76. The van der Waals surface area contributed by atoms with Crippen molar-refractivity contribution in [2.75, 3.05) is 0 Å². The van der Waals surface area contributed by atoms with Gasteiger partial charge in [-0.2, -0.15) is 0 Å². The van der Waals surface area contributed by atoms with Gasteiger partial charge < -0.3 is 10.0 Å². The molecule has 1 aliphatic heterocycles. The lowest BCUT2D eigenvalue weighted by Gasteiger charge is -2.71. The van der Waals surface area contributed by atoms with Gasteiger partial charge in [-0.1, -0.05) is 50.9 Å². The molecule has 1 heterocycles. The Kier molecular flexibility index (Phi) is 4.88. The van der Waals surface area contributed by atoms with E-state index in [4.69, 9.17) is 11.6 Å². The lowest BCUT2D eigenvalue weighted by molar-refractivity contribution is -0.224. The molecule has 4 nitrogen and oxygen atoms in total. The Bertz CT molecular complexity index is 1000. The molecule has 1 amide bonds. The molecule has 32 heavy (non-hydrogen) atoms. The number of fused-ring (bicyclic) bond motifs is 1. The minimum Gasteiger partial charge on any atom is -0.481 e. The largest absolute Gasteiger partial charge is 0.481 e. The molecule has 4 aliphatic carbocycles. The van der Waals surface area contributed by atoms with Crippen LogP contribution in [0.2, 0.25) is 5.02 Å². The first-order valence-corrected chi connectivity index (χ1v) is 12.4. The Morgan fingerprint density at radius 1 is 1.19 bits per heavy atom. The number of hydrogen-bond acceptors (Lipinski definition) is 2. The Morgan fingerprint density at radius 2 is 1.91 bits per heavy atom. The number of nitrogens with zero attached hydrogens (tertiary/aromatic N) is 1. The van der Waals surface area contributed by atoms with Crippen molar-refractivity contribution in [2.45, 2.75) is 95.9 Å². The number of rotatable bonds is 5. The van der Waals surface area contributed by atoms with Gasteiger partial charge in [-0.3, -0.25) is 9.59 Å². The first-order chi connectivity index (χ1) is 15.0. The molecule has 5 heteroatoms. The van der Waals surface area contributed by atoms with Crippen LogP contribution in [0.4, 0.5) is 0 Å². The van der Waals surface area contributed by atoms with Gasteiger partial charge in [0.25, 0.3) is 0 Å². The number of aliphatic carboxylic acids is 1. The van der Waals surface area contributed by atoms with Crippen molar-refractivity contribution in [2.24, 2.45) is 10.8 Å².